The van der Waals surface area contributed by atoms with Crippen molar-refractivity contribution >= 4 is 98.3 Å². The van der Waals surface area contributed by atoms with Crippen molar-refractivity contribution in [3.8, 4) is 5.75 Å². The van der Waals surface area contributed by atoms with Gasteiger partial charge in [0, 0.05) is 90.4 Å². The lowest BCUT2D eigenvalue weighted by atomic mass is 9.85. The monoisotopic (exact) mass is 1420 g/mol. The van der Waals surface area contributed by atoms with Gasteiger partial charge in [-0.15, -0.1) is 0 Å². The molecule has 8 amide bonds. The number of nitrogens with zero attached hydrogens (tertiary/aromatic N) is 1. The molecular weight excluding hydrogens is 1330 g/mol. The van der Waals surface area contributed by atoms with E-state index in [0.717, 1.165) is 4.90 Å². The van der Waals surface area contributed by atoms with Gasteiger partial charge in [-0.2, -0.15) is 11.8 Å². The predicted molar refractivity (Wildman–Crippen MR) is 354 cm³/mol. The van der Waals surface area contributed by atoms with E-state index < -0.39 is 199 Å². The predicted octanol–water partition coefficient (Wildman–Crippen LogP) is -3.50. The third kappa shape index (κ3) is 25.7. The molecule has 33 nitrogen and oxygen atoms in total. The van der Waals surface area contributed by atoms with Crippen molar-refractivity contribution in [2.45, 2.75) is 120 Å². The molecule has 3 aliphatic heterocycles. The van der Waals surface area contributed by atoms with Crippen molar-refractivity contribution in [1.82, 2.24) is 47.1 Å². The molecule has 0 radical (unpaired) electrons. The van der Waals surface area contributed by atoms with Crippen molar-refractivity contribution in [1.29, 1.82) is 0 Å². The van der Waals surface area contributed by atoms with Crippen LogP contribution in [-0.2, 0) is 99.4 Å². The van der Waals surface area contributed by atoms with E-state index in [1.165, 1.54) is 38.9 Å². The number of benzene rings is 1. The van der Waals surface area contributed by atoms with Crippen molar-refractivity contribution in [2.24, 2.45) is 41.1 Å². The Hall–Kier alpha value is -7.35. The number of aromatic nitrogens is 1. The summed E-state index contributed by atoms with van der Waals surface area (Å²) in [5, 5.41) is 59.3. The van der Waals surface area contributed by atoms with Gasteiger partial charge in [-0.05, 0) is 30.0 Å². The van der Waals surface area contributed by atoms with Crippen LogP contribution in [0.5, 0.6) is 5.75 Å². The number of hydrogen-bond acceptors (Lipinski definition) is 24. The standard InChI is InChI=1S/C63H97N11O22S2/c1-6-35(2)43-24-40(76)29-68-58(85)38-22-44-42-7-8-51(91-5)45(33-97-20-19-96-18-17-95-16-15-94-14-13-93-12-11-92-10-9-66-27-39(64)28-67-57(84)36(3)21-54(82)83)56(42)73-62(44)98(90)34-47(70-53(81)30-69-59(43)86)60(87)71-46(26-52(65)80)63(89)74-31-41(77)25-48(74)61(88)72-55(49(78)23-38)37(4)50(79)32-75/h7-8,27,35-38,41,43,46-48,50,55,66,73,75,77,79H,6,9-26,28-34,64H2,1-5H3,(H2,65,80)(H,67,84)(H,68,85)(H,69,86)(H,70,81)(H,71,87)(H,72,88)(H,82,83)/b39-27-/t35-,36?,37-,38+,41+,43-,46-,47+,48-,50-,55-,98?/m0/s1. The normalized spacial score (nSPS) is 23.3. The fourth-order valence-electron chi connectivity index (χ4n) is 11.1. The number of aliphatic carboxylic acids is 1. The summed E-state index contributed by atoms with van der Waals surface area (Å²) in [6.45, 7) is 7.32. The van der Waals surface area contributed by atoms with E-state index in [-0.39, 0.29) is 48.9 Å². The summed E-state index contributed by atoms with van der Waals surface area (Å²) in [6.07, 6.45) is -4.13. The molecule has 0 saturated carbocycles. The number of ketones is 2. The zero-order chi connectivity index (χ0) is 72.0. The summed E-state index contributed by atoms with van der Waals surface area (Å²) >= 11 is 1.44. The molecule has 35 heteroatoms. The number of aliphatic hydroxyl groups is 3. The topological polar surface area (TPSA) is 496 Å². The smallest absolute Gasteiger partial charge is 0.304 e. The number of nitrogens with two attached hydrogens (primary N) is 2. The second-order valence-corrected chi connectivity index (χ2v) is 26.7. The van der Waals surface area contributed by atoms with E-state index in [2.05, 4.69) is 42.2 Å². The number of rotatable bonds is 34. The number of aliphatic hydroxyl groups excluding tert-OH is 3. The Morgan fingerprint density at radius 2 is 1.47 bits per heavy atom. The highest BCUT2D eigenvalue weighted by atomic mass is 32.2. The highest BCUT2D eigenvalue weighted by molar-refractivity contribution is 7.98. The number of carbonyl (C=O) groups excluding carboxylic acids is 10. The molecule has 0 spiro atoms. The number of ether oxygens (including phenoxy) is 6. The molecule has 98 heavy (non-hydrogen) atoms. The van der Waals surface area contributed by atoms with Crippen LogP contribution in [0.4, 0.5) is 0 Å². The van der Waals surface area contributed by atoms with Gasteiger partial charge in [0.2, 0.25) is 47.3 Å². The molecule has 1 saturated heterocycles. The van der Waals surface area contributed by atoms with Crippen LogP contribution < -0.4 is 53.4 Å². The summed E-state index contributed by atoms with van der Waals surface area (Å²) in [7, 11) is -0.971. The number of H-pyrrole nitrogens is 1. The molecule has 2 aromatic rings. The Labute approximate surface area is 574 Å². The van der Waals surface area contributed by atoms with Gasteiger partial charge in [0.15, 0.2) is 11.6 Å². The van der Waals surface area contributed by atoms with Crippen molar-refractivity contribution in [3.05, 3.63) is 35.2 Å². The second kappa shape index (κ2) is 41.9. The van der Waals surface area contributed by atoms with Crippen molar-refractivity contribution in [3.63, 3.8) is 0 Å². The van der Waals surface area contributed by atoms with Gasteiger partial charge in [-0.1, -0.05) is 34.1 Å². The number of hydrogen-bond donors (Lipinski definition) is 14. The molecule has 1 fully saturated rings. The molecule has 2 bridgehead atoms. The van der Waals surface area contributed by atoms with Crippen LogP contribution in [0.3, 0.4) is 0 Å². The Morgan fingerprint density at radius 3 is 2.09 bits per heavy atom. The number of carbonyl (C=O) groups is 11. The quantitative estimate of drug-likeness (QED) is 0.0302. The van der Waals surface area contributed by atoms with Crippen LogP contribution in [0.1, 0.15) is 77.3 Å². The minimum absolute atomic E-state index is 0.0688. The molecule has 4 heterocycles. The van der Waals surface area contributed by atoms with E-state index in [4.69, 9.17) is 45.0 Å². The van der Waals surface area contributed by atoms with E-state index in [0.29, 0.717) is 99.5 Å². The van der Waals surface area contributed by atoms with Crippen molar-refractivity contribution < 1.29 is 106 Å². The van der Waals surface area contributed by atoms with Crippen LogP contribution in [0.2, 0.25) is 0 Å². The first-order valence-corrected chi connectivity index (χ1v) is 35.0. The summed E-state index contributed by atoms with van der Waals surface area (Å²) in [5.74, 6) is -14.4. The fourth-order valence-corrected chi connectivity index (χ4v) is 13.3. The third-order valence-corrected chi connectivity index (χ3v) is 19.2. The number of Topliss-reactive ketones (excluding diaryl/α,β-unsaturated/α-hetero) is 2. The van der Waals surface area contributed by atoms with Crippen LogP contribution in [0, 0.1) is 29.6 Å². The summed E-state index contributed by atoms with van der Waals surface area (Å²) in [6, 6.07) is -3.68. The number of nitrogens with one attached hydrogen (secondary N) is 8. The lowest BCUT2D eigenvalue weighted by Gasteiger charge is -2.32. The number of amides is 8. The van der Waals surface area contributed by atoms with Gasteiger partial charge >= 0.3 is 5.97 Å². The zero-order valence-electron chi connectivity index (χ0n) is 56.0. The average molecular weight is 1420 g/mol. The van der Waals surface area contributed by atoms with Crippen molar-refractivity contribution in [2.75, 3.05) is 124 Å². The number of primary amides is 1. The van der Waals surface area contributed by atoms with Gasteiger partial charge in [0.05, 0.1) is 153 Å². The van der Waals surface area contributed by atoms with E-state index in [9.17, 15) is 68.1 Å². The lowest BCUT2D eigenvalue weighted by molar-refractivity contribution is -0.144. The highest BCUT2D eigenvalue weighted by Gasteiger charge is 2.45. The van der Waals surface area contributed by atoms with Gasteiger partial charge in [-0.3, -0.25) is 56.9 Å². The molecule has 3 aliphatic rings. The Morgan fingerprint density at radius 1 is 0.827 bits per heavy atom. The SMILES string of the molecule is CC[C@H](C)[C@@H]1CC(=O)CNC(=O)[C@H]2CC(=O)[C@H]([C@@H](C)[C@@H](O)CO)NC(=O)[C@@H]3C[C@@H](O)CN3C(=O)[C@H](CC(N)=O)NC(=O)[C@@H](CS(=O)c3[nH]c4c(CSCCOCCOCCOCCOCCOCCN/C=C(\N)CNC(=O)C(C)CC(=O)O)c(OC)ccc4c3C2)NC(=O)CNC1=O. The number of methoxy groups -OCH3 is 1. The maximum absolute atomic E-state index is 15.3. The fraction of sp³-hybridized carbons (Fsp3) is 0.667. The zero-order valence-corrected chi connectivity index (χ0v) is 57.7. The number of carboxylic acid groups (broad SMARTS) is 1. The number of carboxylic acids is 1. The van der Waals surface area contributed by atoms with Crippen LogP contribution in [-0.4, -0.2) is 260 Å². The maximum atomic E-state index is 15.3. The Bertz CT molecular complexity index is 3120. The molecule has 16 N–H and O–H groups in total. The number of thioether (sulfide) groups is 1. The van der Waals surface area contributed by atoms with Crippen LogP contribution >= 0.6 is 11.8 Å². The van der Waals surface area contributed by atoms with Gasteiger partial charge in [-0.25, -0.2) is 0 Å². The van der Waals surface area contributed by atoms with Gasteiger partial charge in [0.25, 0.3) is 0 Å². The van der Waals surface area contributed by atoms with Gasteiger partial charge in [0.1, 0.15) is 28.9 Å². The summed E-state index contributed by atoms with van der Waals surface area (Å²) in [5.41, 5.74) is 12.9. The molecule has 2 unspecified atom stereocenters. The average Bonchev–Trinajstić information content (AvgIpc) is 1.61. The molecule has 0 aliphatic carbocycles. The first kappa shape index (κ1) is 81.3. The first-order chi connectivity index (χ1) is 46.8. The highest BCUT2D eigenvalue weighted by Crippen LogP contribution is 2.37. The van der Waals surface area contributed by atoms with Crippen LogP contribution in [0.15, 0.2) is 29.1 Å². The minimum atomic E-state index is -2.41. The minimum Gasteiger partial charge on any atom is -0.496 e. The number of fused-ring (bicyclic) bond motifs is 5. The second-order valence-electron chi connectivity index (χ2n) is 24.2. The van der Waals surface area contributed by atoms with E-state index in [1.54, 1.807) is 26.0 Å². The van der Waals surface area contributed by atoms with E-state index >= 15 is 4.21 Å². The van der Waals surface area contributed by atoms with Gasteiger partial charge < -0.3 is 107 Å². The summed E-state index contributed by atoms with van der Waals surface area (Å²) < 4.78 is 49.3. The van der Waals surface area contributed by atoms with Crippen LogP contribution in [0.25, 0.3) is 10.9 Å². The number of aromatic amines is 1. The molecule has 1 aromatic heterocycles. The molecule has 548 valence electrons. The van der Waals surface area contributed by atoms with E-state index in [1.807, 2.05) is 0 Å². The molecule has 12 atom stereocenters. The molecular formula is C63H97N11O22S2. The lowest BCUT2D eigenvalue weighted by Crippen LogP contribution is -2.60. The first-order valence-electron chi connectivity index (χ1n) is 32.6. The molecule has 5 rings (SSSR count). The largest absolute Gasteiger partial charge is 0.496 e. The molecule has 1 aromatic carbocycles. The third-order valence-electron chi connectivity index (χ3n) is 16.8. The maximum Gasteiger partial charge on any atom is 0.304 e. The Kier molecular flexibility index (Phi) is 34.8. The summed E-state index contributed by atoms with van der Waals surface area (Å²) in [4.78, 5) is 155. The Balaban J connectivity index is 1.32.